The van der Waals surface area contributed by atoms with Crippen LogP contribution in [0.4, 0.5) is 10.1 Å². The van der Waals surface area contributed by atoms with Gasteiger partial charge >= 0.3 is 5.69 Å². The molecule has 0 aliphatic rings. The van der Waals surface area contributed by atoms with Crippen LogP contribution >= 0.6 is 0 Å². The zero-order valence-electron chi connectivity index (χ0n) is 22.1. The summed E-state index contributed by atoms with van der Waals surface area (Å²) in [7, 11) is 7.20. The summed E-state index contributed by atoms with van der Waals surface area (Å²) in [6, 6.07) is 9.04. The Kier molecular flexibility index (Phi) is 5.26. The summed E-state index contributed by atoms with van der Waals surface area (Å²) in [4.78, 5) is 22.1. The van der Waals surface area contributed by atoms with Crippen molar-refractivity contribution in [3.05, 3.63) is 65.4 Å². The predicted octanol–water partition coefficient (Wildman–Crippen LogP) is 3.98. The molecule has 0 amide bonds. The molecule has 0 radical (unpaired) electrons. The highest BCUT2D eigenvalue weighted by atomic mass is 19.1. The summed E-state index contributed by atoms with van der Waals surface area (Å²) in [5, 5.41) is 7.86. The molecular weight excluding hydrogens is 485 g/mol. The average molecular weight is 514 g/mol. The lowest BCUT2D eigenvalue weighted by Crippen LogP contribution is -2.19. The second-order valence-electron chi connectivity index (χ2n) is 9.92. The zero-order chi connectivity index (χ0) is 26.9. The zero-order valence-corrected chi connectivity index (χ0v) is 22.1. The van der Waals surface area contributed by atoms with Gasteiger partial charge in [-0.05, 0) is 38.1 Å². The molecular formula is C27H28FN9O. The average Bonchev–Trinajstić information content (AvgIpc) is 3.62. The standard InChI is InChI=1S/C27H28FN9O/c1-15(2)30-21-9-16(10-23-25(21)36(6)27(38)35(23)5)37-22-12-18(28)17(19-7-8-34(4)32-19)11-20(22)31-26(37)24-13-29-14-33(24)3/h7-15,30H,1-6H3. The molecule has 0 aliphatic heterocycles. The van der Waals surface area contributed by atoms with E-state index in [1.807, 2.05) is 42.2 Å². The van der Waals surface area contributed by atoms with Crippen molar-refractivity contribution in [2.45, 2.75) is 19.9 Å². The summed E-state index contributed by atoms with van der Waals surface area (Å²) < 4.78 is 24.3. The maximum Gasteiger partial charge on any atom is 0.328 e. The van der Waals surface area contributed by atoms with Crippen LogP contribution in [0.15, 0.2) is 53.8 Å². The van der Waals surface area contributed by atoms with E-state index in [9.17, 15) is 4.79 Å². The molecule has 2 aromatic carbocycles. The molecule has 4 heterocycles. The Balaban J connectivity index is 1.70. The van der Waals surface area contributed by atoms with Gasteiger partial charge in [0.15, 0.2) is 5.82 Å². The number of anilines is 1. The molecule has 4 aromatic heterocycles. The third-order valence-electron chi connectivity index (χ3n) is 6.83. The second-order valence-corrected chi connectivity index (χ2v) is 9.92. The van der Waals surface area contributed by atoms with Crippen LogP contribution in [0, 0.1) is 5.82 Å². The lowest BCUT2D eigenvalue weighted by atomic mass is 10.1. The Bertz CT molecular complexity index is 1910. The maximum absolute atomic E-state index is 15.6. The summed E-state index contributed by atoms with van der Waals surface area (Å²) >= 11 is 0. The number of nitrogens with one attached hydrogen (secondary N) is 1. The number of aromatic nitrogens is 8. The Labute approximate surface area is 217 Å². The maximum atomic E-state index is 15.6. The molecule has 6 rings (SSSR count). The summed E-state index contributed by atoms with van der Waals surface area (Å²) in [6.45, 7) is 4.09. The smallest absolute Gasteiger partial charge is 0.328 e. The van der Waals surface area contributed by atoms with E-state index in [-0.39, 0.29) is 11.7 Å². The van der Waals surface area contributed by atoms with Crippen LogP contribution in [-0.4, -0.2) is 44.1 Å². The van der Waals surface area contributed by atoms with Gasteiger partial charge in [-0.25, -0.2) is 19.2 Å². The highest BCUT2D eigenvalue weighted by molar-refractivity contribution is 5.93. The summed E-state index contributed by atoms with van der Waals surface area (Å²) in [5.41, 5.74) is 5.85. The van der Waals surface area contributed by atoms with Crippen molar-refractivity contribution in [1.29, 1.82) is 0 Å². The number of benzene rings is 2. The van der Waals surface area contributed by atoms with Gasteiger partial charge in [0.1, 0.15) is 11.5 Å². The van der Waals surface area contributed by atoms with Gasteiger partial charge in [-0.1, -0.05) is 0 Å². The van der Waals surface area contributed by atoms with E-state index in [0.29, 0.717) is 28.1 Å². The van der Waals surface area contributed by atoms with E-state index in [2.05, 4.69) is 15.4 Å². The fourth-order valence-electron chi connectivity index (χ4n) is 5.05. The number of nitrogens with zero attached hydrogens (tertiary/aromatic N) is 8. The molecule has 0 spiro atoms. The van der Waals surface area contributed by atoms with Gasteiger partial charge in [0.25, 0.3) is 0 Å². The Morgan fingerprint density at radius 2 is 1.79 bits per heavy atom. The quantitative estimate of drug-likeness (QED) is 0.377. The second kappa shape index (κ2) is 8.44. The van der Waals surface area contributed by atoms with Gasteiger partial charge in [0.2, 0.25) is 0 Å². The third-order valence-corrected chi connectivity index (χ3v) is 6.83. The van der Waals surface area contributed by atoms with Crippen molar-refractivity contribution in [2.75, 3.05) is 5.32 Å². The minimum Gasteiger partial charge on any atom is -0.381 e. The fraction of sp³-hybridized carbons (Fsp3) is 0.259. The number of imidazole rings is 3. The van der Waals surface area contributed by atoms with Crippen molar-refractivity contribution < 1.29 is 4.39 Å². The van der Waals surface area contributed by atoms with E-state index in [1.54, 1.807) is 65.8 Å². The molecule has 0 fully saturated rings. The molecule has 0 atom stereocenters. The fourth-order valence-corrected chi connectivity index (χ4v) is 5.05. The molecule has 0 aliphatic carbocycles. The molecule has 0 saturated heterocycles. The highest BCUT2D eigenvalue weighted by Gasteiger charge is 2.22. The van der Waals surface area contributed by atoms with Gasteiger partial charge < -0.3 is 9.88 Å². The lowest BCUT2D eigenvalue weighted by molar-refractivity contribution is 0.631. The normalized spacial score (nSPS) is 11.9. The molecule has 0 saturated carbocycles. The molecule has 38 heavy (non-hydrogen) atoms. The van der Waals surface area contributed by atoms with E-state index < -0.39 is 5.82 Å². The first-order valence-corrected chi connectivity index (χ1v) is 12.3. The van der Waals surface area contributed by atoms with Gasteiger partial charge in [-0.2, -0.15) is 5.10 Å². The third kappa shape index (κ3) is 3.53. The summed E-state index contributed by atoms with van der Waals surface area (Å²) in [6.07, 6.45) is 5.22. The minimum atomic E-state index is -0.400. The van der Waals surface area contributed by atoms with Crippen LogP contribution in [0.3, 0.4) is 0 Å². The van der Waals surface area contributed by atoms with Crippen molar-refractivity contribution in [1.82, 2.24) is 38.0 Å². The minimum absolute atomic E-state index is 0.123. The lowest BCUT2D eigenvalue weighted by Gasteiger charge is -2.16. The van der Waals surface area contributed by atoms with Crippen molar-refractivity contribution in [3.8, 4) is 28.5 Å². The predicted molar refractivity (Wildman–Crippen MR) is 146 cm³/mol. The molecule has 11 heteroatoms. The van der Waals surface area contributed by atoms with Gasteiger partial charge in [-0.15, -0.1) is 0 Å². The number of hydrogen-bond donors (Lipinski definition) is 1. The van der Waals surface area contributed by atoms with Crippen molar-refractivity contribution in [2.24, 2.45) is 28.2 Å². The topological polar surface area (TPSA) is 92.4 Å². The van der Waals surface area contributed by atoms with Crippen LogP contribution in [0.2, 0.25) is 0 Å². The molecule has 194 valence electrons. The molecule has 0 bridgehead atoms. The van der Waals surface area contributed by atoms with Crippen molar-refractivity contribution >= 4 is 27.8 Å². The highest BCUT2D eigenvalue weighted by Crippen LogP contribution is 2.35. The largest absolute Gasteiger partial charge is 0.381 e. The Morgan fingerprint density at radius 1 is 1.00 bits per heavy atom. The van der Waals surface area contributed by atoms with Crippen molar-refractivity contribution in [3.63, 3.8) is 0 Å². The van der Waals surface area contributed by atoms with Gasteiger partial charge in [0.05, 0.1) is 51.7 Å². The Morgan fingerprint density at radius 3 is 2.45 bits per heavy atom. The first kappa shape index (κ1) is 23.7. The number of rotatable bonds is 5. The van der Waals surface area contributed by atoms with E-state index >= 15 is 4.39 Å². The van der Waals surface area contributed by atoms with Crippen LogP contribution in [0.25, 0.3) is 50.5 Å². The molecule has 0 unspecified atom stereocenters. The number of aryl methyl sites for hydroxylation is 4. The first-order chi connectivity index (χ1) is 18.1. The van der Waals surface area contributed by atoms with Crippen LogP contribution in [0.1, 0.15) is 13.8 Å². The van der Waals surface area contributed by atoms with E-state index in [1.165, 1.54) is 6.07 Å². The number of hydrogen-bond acceptors (Lipinski definition) is 5. The summed E-state index contributed by atoms with van der Waals surface area (Å²) in [5.74, 6) is 0.205. The van der Waals surface area contributed by atoms with Gasteiger partial charge in [0, 0.05) is 52.1 Å². The van der Waals surface area contributed by atoms with Crippen LogP contribution < -0.4 is 11.0 Å². The van der Waals surface area contributed by atoms with Crippen LogP contribution in [0.5, 0.6) is 0 Å². The van der Waals surface area contributed by atoms with Crippen LogP contribution in [-0.2, 0) is 28.2 Å². The molecule has 10 nitrogen and oxygen atoms in total. The number of fused-ring (bicyclic) bond motifs is 2. The number of halogens is 1. The van der Waals surface area contributed by atoms with E-state index in [4.69, 9.17) is 4.98 Å². The Hall–Kier alpha value is -4.67. The molecule has 6 aromatic rings. The SMILES string of the molecule is CC(C)Nc1cc(-n2c(-c3cncn3C)nc3cc(-c4ccn(C)n4)c(F)cc32)cc2c1n(C)c(=O)n2C. The van der Waals surface area contributed by atoms with E-state index in [0.717, 1.165) is 28.1 Å². The molecule has 1 N–H and O–H groups in total. The monoisotopic (exact) mass is 513 g/mol. The first-order valence-electron chi connectivity index (χ1n) is 12.3. The van der Waals surface area contributed by atoms with Gasteiger partial charge in [-0.3, -0.25) is 18.4 Å².